The minimum Gasteiger partial charge on any atom is -0.304 e. The third-order valence-corrected chi connectivity index (χ3v) is 5.06. The first-order valence-electron chi connectivity index (χ1n) is 7.89. The highest BCUT2D eigenvalue weighted by molar-refractivity contribution is 6.42. The van der Waals surface area contributed by atoms with Gasteiger partial charge in [-0.05, 0) is 54.8 Å². The molecule has 0 aliphatic heterocycles. The lowest BCUT2D eigenvalue weighted by Gasteiger charge is -2.06. The molecule has 1 N–H and O–H groups in total. The number of hydrogen-bond donors (Lipinski definition) is 1. The second-order valence-corrected chi connectivity index (χ2v) is 7.25. The van der Waals surface area contributed by atoms with Crippen LogP contribution in [-0.4, -0.2) is 15.7 Å². The number of carbonyl (C=O) groups excluding carboxylic acids is 1. The summed E-state index contributed by atoms with van der Waals surface area (Å²) in [6.45, 7) is 4.42. The summed E-state index contributed by atoms with van der Waals surface area (Å²) in [7, 11) is 0. The van der Waals surface area contributed by atoms with Gasteiger partial charge in [-0.25, -0.2) is 0 Å². The minimum absolute atomic E-state index is 0.255. The zero-order chi connectivity index (χ0) is 18.8. The van der Waals surface area contributed by atoms with Gasteiger partial charge in [0.25, 0.3) is 5.91 Å². The summed E-state index contributed by atoms with van der Waals surface area (Å²) in [5.74, 6) is 0.0599. The molecule has 0 radical (unpaired) electrons. The fourth-order valence-electron chi connectivity index (χ4n) is 2.45. The summed E-state index contributed by atoms with van der Waals surface area (Å²) >= 11 is 18.2. The van der Waals surface area contributed by atoms with Gasteiger partial charge in [-0.1, -0.05) is 46.9 Å². The normalized spacial score (nSPS) is 10.8. The van der Waals surface area contributed by atoms with Gasteiger partial charge >= 0.3 is 0 Å². The fourth-order valence-corrected chi connectivity index (χ4v) is 2.97. The fraction of sp³-hybridized carbons (Fsp3) is 0.158. The number of amides is 1. The second kappa shape index (κ2) is 7.70. The van der Waals surface area contributed by atoms with Crippen LogP contribution in [0.15, 0.2) is 42.6 Å². The SMILES string of the molecule is Cc1ccc(C(=O)Nc2nn(Cc3ccc(Cl)c(Cl)c3)cc2Cl)cc1C. The van der Waals surface area contributed by atoms with Crippen molar-refractivity contribution in [1.82, 2.24) is 9.78 Å². The second-order valence-electron chi connectivity index (χ2n) is 6.02. The van der Waals surface area contributed by atoms with Crippen LogP contribution < -0.4 is 5.32 Å². The van der Waals surface area contributed by atoms with E-state index in [2.05, 4.69) is 10.4 Å². The molecule has 0 aliphatic carbocycles. The molecule has 26 heavy (non-hydrogen) atoms. The molecule has 0 aliphatic rings. The van der Waals surface area contributed by atoms with Gasteiger partial charge in [0.15, 0.2) is 5.82 Å². The van der Waals surface area contributed by atoms with Gasteiger partial charge in [0.05, 0.1) is 16.6 Å². The van der Waals surface area contributed by atoms with Crippen molar-refractivity contribution in [1.29, 1.82) is 0 Å². The maximum atomic E-state index is 12.4. The molecule has 1 aromatic heterocycles. The van der Waals surface area contributed by atoms with Crippen LogP contribution in [0.25, 0.3) is 0 Å². The Balaban J connectivity index is 1.76. The van der Waals surface area contributed by atoms with E-state index >= 15 is 0 Å². The van der Waals surface area contributed by atoms with E-state index in [1.165, 1.54) is 0 Å². The zero-order valence-corrected chi connectivity index (χ0v) is 16.5. The molecule has 0 spiro atoms. The monoisotopic (exact) mass is 407 g/mol. The number of benzene rings is 2. The van der Waals surface area contributed by atoms with Crippen molar-refractivity contribution < 1.29 is 4.79 Å². The lowest BCUT2D eigenvalue weighted by atomic mass is 10.1. The number of nitrogens with zero attached hydrogens (tertiary/aromatic N) is 2. The summed E-state index contributed by atoms with van der Waals surface area (Å²) < 4.78 is 1.64. The van der Waals surface area contributed by atoms with Crippen LogP contribution in [0.2, 0.25) is 15.1 Å². The molecule has 4 nitrogen and oxygen atoms in total. The van der Waals surface area contributed by atoms with Crippen LogP contribution in [0.5, 0.6) is 0 Å². The first kappa shape index (κ1) is 18.8. The van der Waals surface area contributed by atoms with Gasteiger partial charge in [-0.3, -0.25) is 9.48 Å². The number of aryl methyl sites for hydroxylation is 2. The van der Waals surface area contributed by atoms with Gasteiger partial charge in [0.2, 0.25) is 0 Å². The Kier molecular flexibility index (Phi) is 5.56. The molecule has 134 valence electrons. The molecule has 7 heteroatoms. The molecule has 0 saturated heterocycles. The Labute approximate surface area is 166 Å². The maximum absolute atomic E-state index is 12.4. The Bertz CT molecular complexity index is 982. The first-order valence-corrected chi connectivity index (χ1v) is 9.02. The molecule has 3 rings (SSSR count). The van der Waals surface area contributed by atoms with Crippen LogP contribution in [0.1, 0.15) is 27.0 Å². The molecule has 0 saturated carbocycles. The standard InChI is InChI=1S/C19H16Cl3N3O/c1-11-3-5-14(7-12(11)2)19(26)23-18-17(22)10-25(24-18)9-13-4-6-15(20)16(21)8-13/h3-8,10H,9H2,1-2H3,(H,23,24,26). The zero-order valence-electron chi connectivity index (χ0n) is 14.2. The van der Waals surface area contributed by atoms with Crippen molar-refractivity contribution in [2.75, 3.05) is 5.32 Å². The minimum atomic E-state index is -0.255. The maximum Gasteiger partial charge on any atom is 0.256 e. The van der Waals surface area contributed by atoms with Crippen LogP contribution in [0, 0.1) is 13.8 Å². The molecular formula is C19H16Cl3N3O. The van der Waals surface area contributed by atoms with Crippen LogP contribution in [0.4, 0.5) is 5.82 Å². The van der Waals surface area contributed by atoms with Crippen molar-refractivity contribution in [3.8, 4) is 0 Å². The molecule has 1 amide bonds. The molecule has 0 unspecified atom stereocenters. The number of carbonyl (C=O) groups is 1. The quantitative estimate of drug-likeness (QED) is 0.596. The van der Waals surface area contributed by atoms with Gasteiger partial charge in [0.1, 0.15) is 5.02 Å². The predicted octanol–water partition coefficient (Wildman–Crippen LogP) is 5.76. The highest BCUT2D eigenvalue weighted by Crippen LogP contribution is 2.25. The molecule has 0 fully saturated rings. The summed E-state index contributed by atoms with van der Waals surface area (Å²) in [5, 5.41) is 8.43. The molecule has 0 atom stereocenters. The molecule has 1 heterocycles. The Morgan fingerprint density at radius 1 is 1.00 bits per heavy atom. The van der Waals surface area contributed by atoms with Crippen LogP contribution in [0.3, 0.4) is 0 Å². The Hall–Kier alpha value is -2.01. The van der Waals surface area contributed by atoms with Gasteiger partial charge in [-0.2, -0.15) is 5.10 Å². The summed E-state index contributed by atoms with van der Waals surface area (Å²) in [6, 6.07) is 10.9. The summed E-state index contributed by atoms with van der Waals surface area (Å²) in [4.78, 5) is 12.4. The van der Waals surface area contributed by atoms with Crippen molar-refractivity contribution in [3.63, 3.8) is 0 Å². The van der Waals surface area contributed by atoms with Gasteiger partial charge in [-0.15, -0.1) is 0 Å². The lowest BCUT2D eigenvalue weighted by Crippen LogP contribution is -2.13. The molecule has 0 bridgehead atoms. The molecular weight excluding hydrogens is 393 g/mol. The molecule has 3 aromatic rings. The van der Waals surface area contributed by atoms with E-state index in [0.29, 0.717) is 33.0 Å². The predicted molar refractivity (Wildman–Crippen MR) is 107 cm³/mol. The number of anilines is 1. The third kappa shape index (κ3) is 4.21. The van der Waals surface area contributed by atoms with Gasteiger partial charge in [0, 0.05) is 11.8 Å². The number of aromatic nitrogens is 2. The average molecular weight is 409 g/mol. The number of halogens is 3. The smallest absolute Gasteiger partial charge is 0.256 e. The van der Waals surface area contributed by atoms with E-state index in [4.69, 9.17) is 34.8 Å². The van der Waals surface area contributed by atoms with Crippen molar-refractivity contribution in [2.24, 2.45) is 0 Å². The number of hydrogen-bond acceptors (Lipinski definition) is 2. The van der Waals surface area contributed by atoms with Gasteiger partial charge < -0.3 is 5.32 Å². The van der Waals surface area contributed by atoms with Crippen molar-refractivity contribution in [2.45, 2.75) is 20.4 Å². The van der Waals surface area contributed by atoms with E-state index in [1.807, 2.05) is 32.0 Å². The third-order valence-electron chi connectivity index (χ3n) is 4.05. The van der Waals surface area contributed by atoms with E-state index in [0.717, 1.165) is 16.7 Å². The van der Waals surface area contributed by atoms with E-state index in [9.17, 15) is 4.79 Å². The highest BCUT2D eigenvalue weighted by Gasteiger charge is 2.13. The lowest BCUT2D eigenvalue weighted by molar-refractivity contribution is 0.102. The van der Waals surface area contributed by atoms with Crippen molar-refractivity contribution >= 4 is 46.5 Å². The first-order chi connectivity index (χ1) is 12.3. The largest absolute Gasteiger partial charge is 0.304 e. The van der Waals surface area contributed by atoms with Crippen LogP contribution >= 0.6 is 34.8 Å². The van der Waals surface area contributed by atoms with E-state index < -0.39 is 0 Å². The summed E-state index contributed by atoms with van der Waals surface area (Å²) in [5.41, 5.74) is 3.66. The average Bonchev–Trinajstić information content (AvgIpc) is 2.92. The van der Waals surface area contributed by atoms with E-state index in [1.54, 1.807) is 29.1 Å². The van der Waals surface area contributed by atoms with E-state index in [-0.39, 0.29) is 5.91 Å². The number of nitrogens with one attached hydrogen (secondary N) is 1. The Morgan fingerprint density at radius 3 is 2.46 bits per heavy atom. The Morgan fingerprint density at radius 2 is 1.77 bits per heavy atom. The number of rotatable bonds is 4. The molecule has 2 aromatic carbocycles. The van der Waals surface area contributed by atoms with Crippen molar-refractivity contribution in [3.05, 3.63) is 79.9 Å². The summed E-state index contributed by atoms with van der Waals surface area (Å²) in [6.07, 6.45) is 1.65. The van der Waals surface area contributed by atoms with Crippen LogP contribution in [-0.2, 0) is 6.54 Å². The topological polar surface area (TPSA) is 46.9 Å². The highest BCUT2D eigenvalue weighted by atomic mass is 35.5.